The number of carboxylic acid groups (broad SMARTS) is 1. The van der Waals surface area contributed by atoms with Gasteiger partial charge in [-0.15, -0.1) is 13.2 Å². The number of nitrogens with one attached hydrogen (secondary N) is 1. The van der Waals surface area contributed by atoms with Crippen molar-refractivity contribution >= 4 is 12.1 Å². The maximum Gasteiger partial charge on any atom is 0.573 e. The largest absolute Gasteiger partial charge is 0.573 e. The second kappa shape index (κ2) is 7.60. The second-order valence-electron chi connectivity index (χ2n) is 6.03. The van der Waals surface area contributed by atoms with Crippen LogP contribution >= 0.6 is 0 Å². The monoisotopic (exact) mass is 365 g/mol. The van der Waals surface area contributed by atoms with Crippen LogP contribution in [0.2, 0.25) is 0 Å². The van der Waals surface area contributed by atoms with Crippen molar-refractivity contribution in [2.75, 3.05) is 0 Å². The number of aliphatic hydroxyl groups is 1. The third-order valence-corrected chi connectivity index (χ3v) is 2.69. The average Bonchev–Trinajstić information content (AvgIpc) is 2.40. The molecule has 0 heterocycles. The lowest BCUT2D eigenvalue weighted by Crippen LogP contribution is -2.46. The van der Waals surface area contributed by atoms with E-state index in [4.69, 9.17) is 9.84 Å². The van der Waals surface area contributed by atoms with Gasteiger partial charge >= 0.3 is 18.4 Å². The van der Waals surface area contributed by atoms with Crippen LogP contribution in [-0.4, -0.2) is 40.3 Å². The summed E-state index contributed by atoms with van der Waals surface area (Å²) in [5, 5.41) is 21.3. The van der Waals surface area contributed by atoms with Gasteiger partial charge < -0.3 is 25.0 Å². The zero-order valence-corrected chi connectivity index (χ0v) is 13.6. The molecule has 0 saturated carbocycles. The minimum absolute atomic E-state index is 0.190. The number of carbonyl (C=O) groups excluding carboxylic acids is 1. The van der Waals surface area contributed by atoms with Crippen LogP contribution in [0, 0.1) is 0 Å². The molecule has 0 aliphatic heterocycles. The van der Waals surface area contributed by atoms with Crippen molar-refractivity contribution in [3.63, 3.8) is 0 Å². The van der Waals surface area contributed by atoms with E-state index in [1.54, 1.807) is 20.8 Å². The molecule has 1 amide bonds. The summed E-state index contributed by atoms with van der Waals surface area (Å²) in [6.45, 7) is 4.66. The summed E-state index contributed by atoms with van der Waals surface area (Å²) in [7, 11) is 0. The molecule has 0 fully saturated rings. The van der Waals surface area contributed by atoms with E-state index in [2.05, 4.69) is 4.74 Å². The number of amides is 1. The Kier molecular flexibility index (Phi) is 6.25. The molecule has 3 N–H and O–H groups in total. The summed E-state index contributed by atoms with van der Waals surface area (Å²) < 4.78 is 45.3. The highest BCUT2D eigenvalue weighted by Crippen LogP contribution is 2.27. The van der Waals surface area contributed by atoms with E-state index >= 15 is 0 Å². The van der Waals surface area contributed by atoms with Crippen LogP contribution in [0.5, 0.6) is 5.75 Å². The fourth-order valence-corrected chi connectivity index (χ4v) is 1.80. The Balaban J connectivity index is 2.96. The lowest BCUT2D eigenvalue weighted by atomic mass is 10.0. The highest BCUT2D eigenvalue weighted by Gasteiger charge is 2.33. The van der Waals surface area contributed by atoms with Crippen molar-refractivity contribution in [2.45, 2.75) is 44.9 Å². The predicted molar refractivity (Wildman–Crippen MR) is 78.9 cm³/mol. The van der Waals surface area contributed by atoms with E-state index in [0.29, 0.717) is 0 Å². The van der Waals surface area contributed by atoms with Crippen LogP contribution in [-0.2, 0) is 9.53 Å². The van der Waals surface area contributed by atoms with Crippen molar-refractivity contribution < 1.29 is 42.4 Å². The number of aliphatic carboxylic acids is 1. The summed E-state index contributed by atoms with van der Waals surface area (Å²) in [6.07, 6.45) is -7.87. The van der Waals surface area contributed by atoms with Crippen LogP contribution in [0.15, 0.2) is 24.3 Å². The van der Waals surface area contributed by atoms with Gasteiger partial charge in [0.25, 0.3) is 0 Å². The molecule has 140 valence electrons. The minimum Gasteiger partial charge on any atom is -0.480 e. The number of halogens is 3. The van der Waals surface area contributed by atoms with Gasteiger partial charge in [-0.3, -0.25) is 0 Å². The number of aliphatic hydroxyl groups excluding tert-OH is 1. The summed E-state index contributed by atoms with van der Waals surface area (Å²) in [6, 6.07) is 2.31. The summed E-state index contributed by atoms with van der Waals surface area (Å²) in [5.74, 6) is -2.23. The second-order valence-corrected chi connectivity index (χ2v) is 6.03. The number of rotatable bonds is 5. The normalized spacial score (nSPS) is 14.4. The fourth-order valence-electron chi connectivity index (χ4n) is 1.80. The maximum atomic E-state index is 12.2. The third-order valence-electron chi connectivity index (χ3n) is 2.69. The van der Waals surface area contributed by atoms with Crippen molar-refractivity contribution in [3.8, 4) is 5.75 Å². The van der Waals surface area contributed by atoms with Gasteiger partial charge in [-0.2, -0.15) is 0 Å². The molecule has 0 aliphatic carbocycles. The van der Waals surface area contributed by atoms with E-state index in [1.165, 1.54) is 6.07 Å². The van der Waals surface area contributed by atoms with Gasteiger partial charge in [-0.25, -0.2) is 9.59 Å². The summed E-state index contributed by atoms with van der Waals surface area (Å²) in [5.41, 5.74) is -1.09. The maximum absolute atomic E-state index is 12.2. The Bertz CT molecular complexity index is 626. The van der Waals surface area contributed by atoms with E-state index in [-0.39, 0.29) is 5.56 Å². The van der Waals surface area contributed by atoms with Gasteiger partial charge in [0, 0.05) is 0 Å². The highest BCUT2D eigenvalue weighted by atomic mass is 19.4. The topological polar surface area (TPSA) is 105 Å². The van der Waals surface area contributed by atoms with Crippen molar-refractivity contribution in [2.24, 2.45) is 0 Å². The zero-order valence-electron chi connectivity index (χ0n) is 13.6. The lowest BCUT2D eigenvalue weighted by Gasteiger charge is -2.24. The zero-order chi connectivity index (χ0) is 19.4. The Morgan fingerprint density at radius 1 is 1.20 bits per heavy atom. The van der Waals surface area contributed by atoms with Gasteiger partial charge in [0.2, 0.25) is 0 Å². The number of ether oxygens (including phenoxy) is 2. The molecule has 0 aliphatic rings. The smallest absolute Gasteiger partial charge is 0.480 e. The molecule has 0 saturated heterocycles. The Morgan fingerprint density at radius 2 is 1.80 bits per heavy atom. The van der Waals surface area contributed by atoms with E-state index in [0.717, 1.165) is 18.2 Å². The predicted octanol–water partition coefficient (Wildman–Crippen LogP) is 2.60. The van der Waals surface area contributed by atoms with Crippen molar-refractivity contribution in [1.29, 1.82) is 0 Å². The third kappa shape index (κ3) is 7.29. The molecule has 7 nitrogen and oxygen atoms in total. The molecule has 1 aromatic carbocycles. The quantitative estimate of drug-likeness (QED) is 0.741. The number of carboxylic acids is 1. The molecule has 1 rings (SSSR count). The van der Waals surface area contributed by atoms with E-state index in [9.17, 15) is 27.9 Å². The minimum atomic E-state index is -4.94. The summed E-state index contributed by atoms with van der Waals surface area (Å²) in [4.78, 5) is 23.0. The molecule has 10 heteroatoms. The molecule has 0 spiro atoms. The first kappa shape index (κ1) is 20.6. The number of alkyl halides is 3. The van der Waals surface area contributed by atoms with E-state index in [1.807, 2.05) is 5.32 Å². The van der Waals surface area contributed by atoms with Gasteiger partial charge in [0.15, 0.2) is 6.04 Å². The fraction of sp³-hybridized carbons (Fsp3) is 0.467. The molecule has 2 atom stereocenters. The van der Waals surface area contributed by atoms with Crippen LogP contribution in [0.1, 0.15) is 32.4 Å². The summed E-state index contributed by atoms with van der Waals surface area (Å²) >= 11 is 0. The first-order valence-corrected chi connectivity index (χ1v) is 7.04. The van der Waals surface area contributed by atoms with Gasteiger partial charge in [0.1, 0.15) is 17.5 Å². The Morgan fingerprint density at radius 3 is 2.28 bits per heavy atom. The Hall–Kier alpha value is -2.49. The highest BCUT2D eigenvalue weighted by molar-refractivity contribution is 5.81. The number of hydrogen-bond acceptors (Lipinski definition) is 5. The van der Waals surface area contributed by atoms with Crippen LogP contribution in [0.4, 0.5) is 18.0 Å². The number of alkyl carbamates (subject to hydrolysis) is 1. The van der Waals surface area contributed by atoms with Crippen molar-refractivity contribution in [1.82, 2.24) is 5.32 Å². The molecular formula is C15H18F3NO6. The molecule has 1 aromatic rings. The average molecular weight is 365 g/mol. The molecular weight excluding hydrogens is 347 g/mol. The molecule has 0 radical (unpaired) electrons. The van der Waals surface area contributed by atoms with E-state index < -0.39 is 41.9 Å². The van der Waals surface area contributed by atoms with Crippen LogP contribution in [0.25, 0.3) is 0 Å². The molecule has 0 aromatic heterocycles. The van der Waals surface area contributed by atoms with Gasteiger partial charge in [-0.1, -0.05) is 12.1 Å². The van der Waals surface area contributed by atoms with Crippen LogP contribution < -0.4 is 10.1 Å². The SMILES string of the molecule is CC(C)(C)OC(=O)NC(C(=O)O)C(O)c1cccc(OC(F)(F)F)c1. The van der Waals surface area contributed by atoms with Crippen molar-refractivity contribution in [3.05, 3.63) is 29.8 Å². The number of hydrogen-bond donors (Lipinski definition) is 3. The first-order chi connectivity index (χ1) is 11.3. The number of carbonyl (C=O) groups is 2. The Labute approximate surface area is 141 Å². The standard InChI is InChI=1S/C15H18F3NO6/c1-14(2,3)25-13(23)19-10(12(21)22)11(20)8-5-4-6-9(7-8)24-15(16,17)18/h4-7,10-11,20H,1-3H3,(H,19,23)(H,21,22). The number of benzene rings is 1. The first-order valence-electron chi connectivity index (χ1n) is 7.04. The van der Waals surface area contributed by atoms with Gasteiger partial charge in [-0.05, 0) is 38.5 Å². The lowest BCUT2D eigenvalue weighted by molar-refractivity contribution is -0.274. The van der Waals surface area contributed by atoms with Crippen LogP contribution in [0.3, 0.4) is 0 Å². The molecule has 25 heavy (non-hydrogen) atoms. The molecule has 0 bridgehead atoms. The molecule has 2 unspecified atom stereocenters. The van der Waals surface area contributed by atoms with Gasteiger partial charge in [0.05, 0.1) is 0 Å².